The van der Waals surface area contributed by atoms with Gasteiger partial charge in [0.1, 0.15) is 5.82 Å². The van der Waals surface area contributed by atoms with Crippen molar-refractivity contribution in [1.82, 2.24) is 20.2 Å². The van der Waals surface area contributed by atoms with E-state index >= 15 is 0 Å². The molecular formula is C16H24IN5. The van der Waals surface area contributed by atoms with Crippen LogP contribution in [0.2, 0.25) is 0 Å². The number of imidazole rings is 1. The lowest BCUT2D eigenvalue weighted by Crippen LogP contribution is -2.37. The number of guanidine groups is 1. The summed E-state index contributed by atoms with van der Waals surface area (Å²) in [4.78, 5) is 8.61. The van der Waals surface area contributed by atoms with E-state index in [1.54, 1.807) is 7.05 Å². The Kier molecular flexibility index (Phi) is 8.57. The van der Waals surface area contributed by atoms with Crippen LogP contribution in [0.25, 0.3) is 0 Å². The van der Waals surface area contributed by atoms with Gasteiger partial charge in [-0.05, 0) is 12.0 Å². The predicted molar refractivity (Wildman–Crippen MR) is 102 cm³/mol. The molecule has 2 N–H and O–H groups in total. The van der Waals surface area contributed by atoms with Crippen LogP contribution in [0.3, 0.4) is 0 Å². The zero-order valence-electron chi connectivity index (χ0n) is 13.1. The highest BCUT2D eigenvalue weighted by atomic mass is 127. The first-order chi connectivity index (χ1) is 10.3. The summed E-state index contributed by atoms with van der Waals surface area (Å²) in [5.74, 6) is 1.81. The Morgan fingerprint density at radius 1 is 1.23 bits per heavy atom. The van der Waals surface area contributed by atoms with Crippen molar-refractivity contribution in [2.75, 3.05) is 13.6 Å². The summed E-state index contributed by atoms with van der Waals surface area (Å²) in [5, 5.41) is 6.54. The molecule has 0 saturated carbocycles. The zero-order valence-corrected chi connectivity index (χ0v) is 15.5. The van der Waals surface area contributed by atoms with Crippen LogP contribution >= 0.6 is 24.0 Å². The summed E-state index contributed by atoms with van der Waals surface area (Å²) in [5.41, 5.74) is 1.27. The van der Waals surface area contributed by atoms with Gasteiger partial charge >= 0.3 is 0 Å². The molecule has 0 saturated heterocycles. The van der Waals surface area contributed by atoms with Gasteiger partial charge in [0, 0.05) is 32.5 Å². The molecule has 2 aromatic rings. The smallest absolute Gasteiger partial charge is 0.191 e. The average Bonchev–Trinajstić information content (AvgIpc) is 2.96. The molecule has 22 heavy (non-hydrogen) atoms. The number of hydrogen-bond acceptors (Lipinski definition) is 2. The first kappa shape index (κ1) is 18.5. The molecule has 1 aromatic carbocycles. The summed E-state index contributed by atoms with van der Waals surface area (Å²) < 4.78 is 2.15. The third kappa shape index (κ3) is 5.67. The number of benzene rings is 1. The van der Waals surface area contributed by atoms with Crippen LogP contribution < -0.4 is 10.6 Å². The first-order valence-corrected chi connectivity index (χ1v) is 7.32. The third-order valence-corrected chi connectivity index (χ3v) is 3.18. The number of halogens is 1. The third-order valence-electron chi connectivity index (χ3n) is 3.18. The summed E-state index contributed by atoms with van der Waals surface area (Å²) >= 11 is 0. The quantitative estimate of drug-likeness (QED) is 0.435. The molecular weight excluding hydrogens is 389 g/mol. The highest BCUT2D eigenvalue weighted by Gasteiger charge is 2.04. The number of nitrogens with one attached hydrogen (secondary N) is 2. The molecule has 120 valence electrons. The number of rotatable bonds is 6. The van der Waals surface area contributed by atoms with Crippen LogP contribution in [0.1, 0.15) is 24.7 Å². The lowest BCUT2D eigenvalue weighted by Gasteiger charge is -2.12. The topological polar surface area (TPSA) is 54.2 Å². The zero-order chi connectivity index (χ0) is 14.9. The maximum absolute atomic E-state index is 4.42. The molecule has 0 spiro atoms. The first-order valence-electron chi connectivity index (χ1n) is 7.32. The predicted octanol–water partition coefficient (Wildman–Crippen LogP) is 2.62. The van der Waals surface area contributed by atoms with E-state index in [0.29, 0.717) is 6.54 Å². The van der Waals surface area contributed by atoms with Gasteiger partial charge in [0.2, 0.25) is 0 Å². The Hall–Kier alpha value is -1.57. The molecule has 0 amide bonds. The minimum Gasteiger partial charge on any atom is -0.356 e. The van der Waals surface area contributed by atoms with Crippen molar-refractivity contribution in [3.05, 3.63) is 54.1 Å². The molecule has 5 nitrogen and oxygen atoms in total. The van der Waals surface area contributed by atoms with Gasteiger partial charge in [0.15, 0.2) is 5.96 Å². The fourth-order valence-electron chi connectivity index (χ4n) is 2.06. The van der Waals surface area contributed by atoms with E-state index in [9.17, 15) is 0 Å². The average molecular weight is 413 g/mol. The van der Waals surface area contributed by atoms with Crippen LogP contribution in [0.4, 0.5) is 0 Å². The number of aliphatic imine (C=N–C) groups is 1. The van der Waals surface area contributed by atoms with Gasteiger partial charge in [-0.3, -0.25) is 4.99 Å². The Morgan fingerprint density at radius 2 is 2.00 bits per heavy atom. The minimum atomic E-state index is 0. The van der Waals surface area contributed by atoms with E-state index < -0.39 is 0 Å². The Balaban J connectivity index is 0.00000242. The van der Waals surface area contributed by atoms with Gasteiger partial charge < -0.3 is 15.2 Å². The van der Waals surface area contributed by atoms with Crippen molar-refractivity contribution in [2.24, 2.45) is 4.99 Å². The Bertz CT molecular complexity index is 565. The number of aromatic nitrogens is 2. The molecule has 1 aromatic heterocycles. The molecule has 2 rings (SSSR count). The standard InChI is InChI=1S/C16H23N5.HI/c1-3-9-19-16(17-2)20-12-15-18-10-11-21(15)13-14-7-5-4-6-8-14;/h4-8,10-11H,3,9,12-13H2,1-2H3,(H2,17,19,20);1H. The number of hydrogen-bond donors (Lipinski definition) is 2. The van der Waals surface area contributed by atoms with E-state index in [1.165, 1.54) is 5.56 Å². The second-order valence-corrected chi connectivity index (χ2v) is 4.81. The van der Waals surface area contributed by atoms with E-state index in [0.717, 1.165) is 31.3 Å². The molecule has 0 unspecified atom stereocenters. The van der Waals surface area contributed by atoms with Crippen molar-refractivity contribution in [3.63, 3.8) is 0 Å². The summed E-state index contributed by atoms with van der Waals surface area (Å²) in [6, 6.07) is 10.4. The highest BCUT2D eigenvalue weighted by Crippen LogP contribution is 2.05. The van der Waals surface area contributed by atoms with Crippen molar-refractivity contribution < 1.29 is 0 Å². The van der Waals surface area contributed by atoms with Crippen LogP contribution in [0.5, 0.6) is 0 Å². The highest BCUT2D eigenvalue weighted by molar-refractivity contribution is 14.0. The van der Waals surface area contributed by atoms with Crippen LogP contribution in [0, 0.1) is 0 Å². The van der Waals surface area contributed by atoms with E-state index in [1.807, 2.05) is 18.5 Å². The Labute approximate surface area is 149 Å². The molecule has 0 fully saturated rings. The maximum atomic E-state index is 4.42. The second-order valence-electron chi connectivity index (χ2n) is 4.81. The fourth-order valence-corrected chi connectivity index (χ4v) is 2.06. The molecule has 0 aliphatic rings. The van der Waals surface area contributed by atoms with Gasteiger partial charge in [0.25, 0.3) is 0 Å². The minimum absolute atomic E-state index is 0. The number of nitrogens with zero attached hydrogens (tertiary/aromatic N) is 3. The molecule has 6 heteroatoms. The lowest BCUT2D eigenvalue weighted by molar-refractivity contribution is 0.686. The normalized spacial score (nSPS) is 10.9. The van der Waals surface area contributed by atoms with Gasteiger partial charge in [-0.25, -0.2) is 4.98 Å². The van der Waals surface area contributed by atoms with Gasteiger partial charge in [-0.1, -0.05) is 37.3 Å². The van der Waals surface area contributed by atoms with Gasteiger partial charge in [0.05, 0.1) is 6.54 Å². The second kappa shape index (κ2) is 10.2. The van der Waals surface area contributed by atoms with Crippen molar-refractivity contribution in [3.8, 4) is 0 Å². The van der Waals surface area contributed by atoms with Crippen molar-refractivity contribution in [1.29, 1.82) is 0 Å². The van der Waals surface area contributed by atoms with Crippen LogP contribution in [-0.2, 0) is 13.1 Å². The summed E-state index contributed by atoms with van der Waals surface area (Å²) in [6.45, 7) is 4.53. The van der Waals surface area contributed by atoms with E-state index in [4.69, 9.17) is 0 Å². The lowest BCUT2D eigenvalue weighted by atomic mass is 10.2. The largest absolute Gasteiger partial charge is 0.356 e. The molecule has 0 radical (unpaired) electrons. The fraction of sp³-hybridized carbons (Fsp3) is 0.375. The molecule has 0 bridgehead atoms. The molecule has 0 atom stereocenters. The SMILES string of the molecule is CCCNC(=NC)NCc1nccn1Cc1ccccc1.I. The Morgan fingerprint density at radius 3 is 2.68 bits per heavy atom. The van der Waals surface area contributed by atoms with E-state index in [-0.39, 0.29) is 24.0 Å². The molecule has 0 aliphatic carbocycles. The van der Waals surface area contributed by atoms with Crippen molar-refractivity contribution in [2.45, 2.75) is 26.4 Å². The van der Waals surface area contributed by atoms with Gasteiger partial charge in [-0.2, -0.15) is 0 Å². The molecule has 0 aliphatic heterocycles. The maximum Gasteiger partial charge on any atom is 0.191 e. The molecule has 1 heterocycles. The van der Waals surface area contributed by atoms with Gasteiger partial charge in [-0.15, -0.1) is 24.0 Å². The monoisotopic (exact) mass is 413 g/mol. The van der Waals surface area contributed by atoms with Crippen molar-refractivity contribution >= 4 is 29.9 Å². The summed E-state index contributed by atoms with van der Waals surface area (Å²) in [7, 11) is 1.78. The van der Waals surface area contributed by atoms with Crippen LogP contribution in [0.15, 0.2) is 47.7 Å². The summed E-state index contributed by atoms with van der Waals surface area (Å²) in [6.07, 6.45) is 4.91. The van der Waals surface area contributed by atoms with E-state index in [2.05, 4.69) is 56.4 Å². The van der Waals surface area contributed by atoms with Crippen LogP contribution in [-0.4, -0.2) is 29.1 Å².